The lowest BCUT2D eigenvalue weighted by Crippen LogP contribution is -2.51. The van der Waals surface area contributed by atoms with Crippen LogP contribution in [-0.2, 0) is 18.7 Å². The predicted molar refractivity (Wildman–Crippen MR) is 135 cm³/mol. The summed E-state index contributed by atoms with van der Waals surface area (Å²) in [5, 5.41) is 12.4. The van der Waals surface area contributed by atoms with E-state index in [0.717, 1.165) is 44.3 Å². The highest BCUT2D eigenvalue weighted by Crippen LogP contribution is 2.38. The second kappa shape index (κ2) is 12.0. The Kier molecular flexibility index (Phi) is 9.08. The Morgan fingerprint density at radius 1 is 0.750 bits per heavy atom. The van der Waals surface area contributed by atoms with Gasteiger partial charge in [-0.15, -0.1) is 0 Å². The summed E-state index contributed by atoms with van der Waals surface area (Å²) in [6.07, 6.45) is 3.78. The van der Waals surface area contributed by atoms with Gasteiger partial charge < -0.3 is 5.11 Å². The van der Waals surface area contributed by atoms with Crippen molar-refractivity contribution in [3.05, 3.63) is 108 Å². The lowest BCUT2D eigenvalue weighted by Gasteiger charge is -2.45. The third-order valence-corrected chi connectivity index (χ3v) is 6.33. The average molecular weight is 430 g/mol. The van der Waals surface area contributed by atoms with Gasteiger partial charge in [-0.25, -0.2) is 0 Å². The largest absolute Gasteiger partial charge is 0.384 e. The molecule has 0 amide bonds. The molecule has 0 saturated heterocycles. The van der Waals surface area contributed by atoms with Gasteiger partial charge in [-0.1, -0.05) is 125 Å². The van der Waals surface area contributed by atoms with Crippen molar-refractivity contribution in [2.45, 2.75) is 71.2 Å². The van der Waals surface area contributed by atoms with E-state index in [1.807, 2.05) is 6.07 Å². The first kappa shape index (κ1) is 24.2. The third-order valence-electron chi connectivity index (χ3n) is 6.33. The maximum atomic E-state index is 12.4. The van der Waals surface area contributed by atoms with Gasteiger partial charge in [-0.05, 0) is 35.4 Å². The minimum Gasteiger partial charge on any atom is -0.384 e. The maximum absolute atomic E-state index is 12.4. The molecule has 0 spiro atoms. The fourth-order valence-corrected chi connectivity index (χ4v) is 4.68. The van der Waals surface area contributed by atoms with Crippen molar-refractivity contribution in [2.24, 2.45) is 5.92 Å². The van der Waals surface area contributed by atoms with Crippen LogP contribution in [0.5, 0.6) is 0 Å². The fraction of sp³-hybridized carbons (Fsp3) is 0.400. The van der Waals surface area contributed by atoms with Crippen LogP contribution in [0.3, 0.4) is 0 Å². The first-order valence-corrected chi connectivity index (χ1v) is 12.1. The molecule has 0 aliphatic carbocycles. The fourth-order valence-electron chi connectivity index (χ4n) is 4.68. The Bertz CT molecular complexity index is 852. The number of unbranched alkanes of at least 4 members (excludes halogenated alkanes) is 1. The molecule has 0 bridgehead atoms. The minimum atomic E-state index is -0.898. The number of hydrogen-bond acceptors (Lipinski definition) is 2. The van der Waals surface area contributed by atoms with Crippen LogP contribution in [0.15, 0.2) is 91.0 Å². The second-order valence-corrected chi connectivity index (χ2v) is 9.42. The zero-order valence-corrected chi connectivity index (χ0v) is 20.0. The van der Waals surface area contributed by atoms with Crippen molar-refractivity contribution in [1.82, 2.24) is 4.90 Å². The van der Waals surface area contributed by atoms with Crippen molar-refractivity contribution in [1.29, 1.82) is 0 Å². The van der Waals surface area contributed by atoms with Crippen LogP contribution in [0.1, 0.15) is 63.1 Å². The zero-order chi connectivity index (χ0) is 22.8. The lowest BCUT2D eigenvalue weighted by atomic mass is 9.77. The van der Waals surface area contributed by atoms with Crippen LogP contribution in [0.2, 0.25) is 0 Å². The van der Waals surface area contributed by atoms with Gasteiger partial charge in [0.15, 0.2) is 0 Å². The van der Waals surface area contributed by atoms with E-state index in [1.165, 1.54) is 11.1 Å². The molecule has 3 aromatic carbocycles. The number of benzene rings is 3. The molecule has 3 rings (SSSR count). The maximum Gasteiger partial charge on any atom is 0.105 e. The molecule has 0 unspecified atom stereocenters. The van der Waals surface area contributed by atoms with Crippen molar-refractivity contribution in [3.63, 3.8) is 0 Å². The van der Waals surface area contributed by atoms with Crippen molar-refractivity contribution in [3.8, 4) is 0 Å². The normalized spacial score (nSPS) is 14.4. The molecule has 32 heavy (non-hydrogen) atoms. The first-order valence-electron chi connectivity index (χ1n) is 12.1. The summed E-state index contributed by atoms with van der Waals surface area (Å²) in [5.41, 5.74) is 2.70. The van der Waals surface area contributed by atoms with Crippen LogP contribution in [0.25, 0.3) is 0 Å². The summed E-state index contributed by atoms with van der Waals surface area (Å²) in [5.74, 6) is 0.478. The van der Waals surface area contributed by atoms with Crippen LogP contribution >= 0.6 is 0 Å². The quantitative estimate of drug-likeness (QED) is 0.329. The topological polar surface area (TPSA) is 23.5 Å². The summed E-state index contributed by atoms with van der Waals surface area (Å²) in [7, 11) is 0. The predicted octanol–water partition coefficient (Wildman–Crippen LogP) is 7.18. The van der Waals surface area contributed by atoms with Gasteiger partial charge in [0, 0.05) is 19.1 Å². The molecule has 0 heterocycles. The van der Waals surface area contributed by atoms with Gasteiger partial charge in [0.25, 0.3) is 0 Å². The van der Waals surface area contributed by atoms with E-state index >= 15 is 0 Å². The Labute approximate surface area is 194 Å². The van der Waals surface area contributed by atoms with Gasteiger partial charge in [0.2, 0.25) is 0 Å². The number of nitrogens with zero attached hydrogens (tertiary/aromatic N) is 1. The molecule has 3 aromatic rings. The Balaban J connectivity index is 2.06. The molecule has 0 aliphatic heterocycles. The number of rotatable bonds is 12. The highest BCUT2D eigenvalue weighted by molar-refractivity contribution is 5.26. The van der Waals surface area contributed by atoms with Gasteiger partial charge in [-0.3, -0.25) is 4.90 Å². The van der Waals surface area contributed by atoms with E-state index in [1.54, 1.807) is 0 Å². The number of aliphatic hydroxyl groups is 1. The number of hydrogen-bond donors (Lipinski definition) is 1. The summed E-state index contributed by atoms with van der Waals surface area (Å²) < 4.78 is 0. The highest BCUT2D eigenvalue weighted by Gasteiger charge is 2.41. The van der Waals surface area contributed by atoms with E-state index in [-0.39, 0.29) is 6.04 Å². The lowest BCUT2D eigenvalue weighted by molar-refractivity contribution is -0.0747. The zero-order valence-electron chi connectivity index (χ0n) is 20.0. The smallest absolute Gasteiger partial charge is 0.105 e. The second-order valence-electron chi connectivity index (χ2n) is 9.42. The van der Waals surface area contributed by atoms with Crippen molar-refractivity contribution >= 4 is 0 Å². The summed E-state index contributed by atoms with van der Waals surface area (Å²) in [4.78, 5) is 2.51. The Morgan fingerprint density at radius 2 is 1.22 bits per heavy atom. The van der Waals surface area contributed by atoms with Gasteiger partial charge in [-0.2, -0.15) is 0 Å². The van der Waals surface area contributed by atoms with Crippen LogP contribution in [0.4, 0.5) is 0 Å². The van der Waals surface area contributed by atoms with Crippen LogP contribution in [0, 0.1) is 5.92 Å². The van der Waals surface area contributed by atoms with Gasteiger partial charge >= 0.3 is 0 Å². The summed E-state index contributed by atoms with van der Waals surface area (Å²) in [6.45, 7) is 8.36. The molecule has 1 N–H and O–H groups in total. The molecule has 2 nitrogen and oxygen atoms in total. The van der Waals surface area contributed by atoms with E-state index < -0.39 is 5.60 Å². The van der Waals surface area contributed by atoms with Crippen LogP contribution in [-0.4, -0.2) is 16.0 Å². The van der Waals surface area contributed by atoms with Gasteiger partial charge in [0.05, 0.1) is 0 Å². The Morgan fingerprint density at radius 3 is 1.66 bits per heavy atom. The molecule has 0 aliphatic rings. The third kappa shape index (κ3) is 6.54. The Hall–Kier alpha value is -2.42. The molecule has 2 atom stereocenters. The van der Waals surface area contributed by atoms with Gasteiger partial charge in [0.1, 0.15) is 5.60 Å². The molecule has 0 aromatic heterocycles. The summed E-state index contributed by atoms with van der Waals surface area (Å²) >= 11 is 0. The average Bonchev–Trinajstić information content (AvgIpc) is 2.82. The molecule has 0 fully saturated rings. The minimum absolute atomic E-state index is 0.0110. The molecular weight excluding hydrogens is 390 g/mol. The molecular formula is C30H39NO. The molecule has 170 valence electrons. The molecule has 2 heteroatoms. The van der Waals surface area contributed by atoms with Crippen LogP contribution < -0.4 is 0 Å². The molecule has 0 saturated carbocycles. The van der Waals surface area contributed by atoms with E-state index in [4.69, 9.17) is 0 Å². The van der Waals surface area contributed by atoms with E-state index in [9.17, 15) is 5.11 Å². The van der Waals surface area contributed by atoms with E-state index in [0.29, 0.717) is 5.92 Å². The highest BCUT2D eigenvalue weighted by atomic mass is 16.3. The van der Waals surface area contributed by atoms with Crippen molar-refractivity contribution < 1.29 is 5.11 Å². The van der Waals surface area contributed by atoms with E-state index in [2.05, 4.69) is 111 Å². The molecule has 0 radical (unpaired) electrons. The summed E-state index contributed by atoms with van der Waals surface area (Å²) in [6, 6.07) is 31.7. The monoisotopic (exact) mass is 429 g/mol. The standard InChI is InChI=1S/C30H39NO/c1-4-5-21-30(32,28-19-13-8-14-20-28)29(22-25(2)3)31(23-26-15-9-6-10-16-26)24-27-17-11-7-12-18-27/h6-20,25,29,32H,4-5,21-24H2,1-3H3/t29-,30-/m0/s1. The first-order chi connectivity index (χ1) is 15.5. The SMILES string of the molecule is CCCC[C@](O)(c1ccccc1)[C@H](CC(C)C)N(Cc1ccccc1)Cc1ccccc1. The van der Waals surface area contributed by atoms with Crippen molar-refractivity contribution in [2.75, 3.05) is 0 Å².